The number of phenols is 1. The highest BCUT2D eigenvalue weighted by molar-refractivity contribution is 5.36. The summed E-state index contributed by atoms with van der Waals surface area (Å²) in [6.07, 6.45) is 2.82. The molecule has 15 heavy (non-hydrogen) atoms. The number of phenolic OH excluding ortho intramolecular Hbond substituents is 1. The molecule has 0 radical (unpaired) electrons. The third kappa shape index (κ3) is 2.09. The summed E-state index contributed by atoms with van der Waals surface area (Å²) in [5.74, 6) is -1.72. The number of nitrogens with one attached hydrogen (secondary N) is 1. The number of benzene rings is 1. The SMILES string of the molecule is Oc1cc(F)cc(F)c1[C@H]1CCCCN1. The van der Waals surface area contributed by atoms with Gasteiger partial charge in [-0.15, -0.1) is 0 Å². The van der Waals surface area contributed by atoms with Gasteiger partial charge in [0.1, 0.15) is 17.4 Å². The van der Waals surface area contributed by atoms with E-state index >= 15 is 0 Å². The lowest BCUT2D eigenvalue weighted by Crippen LogP contribution is -2.27. The lowest BCUT2D eigenvalue weighted by atomic mass is 9.96. The van der Waals surface area contributed by atoms with Crippen molar-refractivity contribution in [1.29, 1.82) is 0 Å². The van der Waals surface area contributed by atoms with Crippen molar-refractivity contribution < 1.29 is 13.9 Å². The molecule has 1 aliphatic rings. The van der Waals surface area contributed by atoms with E-state index in [1.54, 1.807) is 0 Å². The van der Waals surface area contributed by atoms with Crippen molar-refractivity contribution in [3.63, 3.8) is 0 Å². The Balaban J connectivity index is 2.33. The highest BCUT2D eigenvalue weighted by atomic mass is 19.1. The fourth-order valence-corrected chi connectivity index (χ4v) is 2.01. The maximum Gasteiger partial charge on any atom is 0.134 e. The average molecular weight is 213 g/mol. The first kappa shape index (κ1) is 10.4. The number of hydrogen-bond acceptors (Lipinski definition) is 2. The van der Waals surface area contributed by atoms with Crippen LogP contribution in [0.25, 0.3) is 0 Å². The Morgan fingerprint density at radius 2 is 2.07 bits per heavy atom. The van der Waals surface area contributed by atoms with E-state index in [0.29, 0.717) is 0 Å². The first-order chi connectivity index (χ1) is 7.18. The van der Waals surface area contributed by atoms with Crippen molar-refractivity contribution in [1.82, 2.24) is 5.32 Å². The molecule has 1 fully saturated rings. The van der Waals surface area contributed by atoms with Crippen LogP contribution in [0.1, 0.15) is 30.9 Å². The molecule has 0 saturated carbocycles. The second kappa shape index (κ2) is 4.14. The van der Waals surface area contributed by atoms with Gasteiger partial charge in [-0.1, -0.05) is 6.42 Å². The number of halogens is 2. The predicted octanol–water partition coefficient (Wildman–Crippen LogP) is 2.49. The van der Waals surface area contributed by atoms with Crippen molar-refractivity contribution in [3.05, 3.63) is 29.3 Å². The highest BCUT2D eigenvalue weighted by Crippen LogP contribution is 2.32. The molecule has 2 nitrogen and oxygen atoms in total. The van der Waals surface area contributed by atoms with Crippen molar-refractivity contribution in [2.24, 2.45) is 0 Å². The molecule has 0 unspecified atom stereocenters. The van der Waals surface area contributed by atoms with Gasteiger partial charge in [-0.2, -0.15) is 0 Å². The van der Waals surface area contributed by atoms with E-state index < -0.39 is 11.6 Å². The molecule has 82 valence electrons. The van der Waals surface area contributed by atoms with Crippen LogP contribution < -0.4 is 5.32 Å². The zero-order valence-electron chi connectivity index (χ0n) is 8.26. The van der Waals surface area contributed by atoms with Crippen LogP contribution in [0, 0.1) is 11.6 Å². The number of aromatic hydroxyl groups is 1. The molecule has 1 aromatic carbocycles. The molecule has 0 aromatic heterocycles. The Morgan fingerprint density at radius 1 is 1.27 bits per heavy atom. The normalized spacial score (nSPS) is 21.6. The van der Waals surface area contributed by atoms with E-state index in [1.165, 1.54) is 0 Å². The average Bonchev–Trinajstić information content (AvgIpc) is 2.17. The molecule has 0 bridgehead atoms. The summed E-state index contributed by atoms with van der Waals surface area (Å²) in [5.41, 5.74) is 0.191. The summed E-state index contributed by atoms with van der Waals surface area (Å²) in [6, 6.07) is 1.57. The summed E-state index contributed by atoms with van der Waals surface area (Å²) < 4.78 is 26.2. The van der Waals surface area contributed by atoms with Gasteiger partial charge < -0.3 is 10.4 Å². The Kier molecular flexibility index (Phi) is 2.86. The summed E-state index contributed by atoms with van der Waals surface area (Å²) >= 11 is 0. The zero-order chi connectivity index (χ0) is 10.8. The van der Waals surface area contributed by atoms with Gasteiger partial charge in [0.2, 0.25) is 0 Å². The standard InChI is InChI=1S/C11H13F2NO/c12-7-5-8(13)11(10(15)6-7)9-3-1-2-4-14-9/h5-6,9,14-15H,1-4H2/t9-/m1/s1. The van der Waals surface area contributed by atoms with Crippen LogP contribution in [0.15, 0.2) is 12.1 Å². The van der Waals surface area contributed by atoms with Crippen LogP contribution in [0.4, 0.5) is 8.78 Å². The quantitative estimate of drug-likeness (QED) is 0.751. The Morgan fingerprint density at radius 3 is 2.67 bits per heavy atom. The number of piperidine rings is 1. The maximum atomic E-state index is 13.5. The molecule has 2 N–H and O–H groups in total. The minimum absolute atomic E-state index is 0.191. The molecular weight excluding hydrogens is 200 g/mol. The molecule has 2 rings (SSSR count). The van der Waals surface area contributed by atoms with Gasteiger partial charge in [-0.3, -0.25) is 0 Å². The highest BCUT2D eigenvalue weighted by Gasteiger charge is 2.22. The van der Waals surface area contributed by atoms with E-state index in [4.69, 9.17) is 0 Å². The van der Waals surface area contributed by atoms with Gasteiger partial charge >= 0.3 is 0 Å². The monoisotopic (exact) mass is 213 g/mol. The van der Waals surface area contributed by atoms with Crippen molar-refractivity contribution >= 4 is 0 Å². The molecule has 4 heteroatoms. The molecule has 1 aliphatic heterocycles. The molecule has 1 aromatic rings. The molecular formula is C11H13F2NO. The Labute approximate surface area is 86.9 Å². The molecule has 1 heterocycles. The van der Waals surface area contributed by atoms with Gasteiger partial charge in [0, 0.05) is 23.7 Å². The van der Waals surface area contributed by atoms with Crippen LogP contribution in [0.3, 0.4) is 0 Å². The van der Waals surface area contributed by atoms with Crippen LogP contribution >= 0.6 is 0 Å². The van der Waals surface area contributed by atoms with Gasteiger partial charge in [0.05, 0.1) is 0 Å². The topological polar surface area (TPSA) is 32.3 Å². The zero-order valence-corrected chi connectivity index (χ0v) is 8.26. The van der Waals surface area contributed by atoms with Gasteiger partial charge in [0.25, 0.3) is 0 Å². The van der Waals surface area contributed by atoms with Crippen LogP contribution in [0.5, 0.6) is 5.75 Å². The van der Waals surface area contributed by atoms with Gasteiger partial charge in [-0.25, -0.2) is 8.78 Å². The van der Waals surface area contributed by atoms with Gasteiger partial charge in [0.15, 0.2) is 0 Å². The van der Waals surface area contributed by atoms with Crippen molar-refractivity contribution in [2.45, 2.75) is 25.3 Å². The summed E-state index contributed by atoms with van der Waals surface area (Å²) in [6.45, 7) is 0.806. The first-order valence-electron chi connectivity index (χ1n) is 5.10. The molecule has 1 atom stereocenters. The lowest BCUT2D eigenvalue weighted by Gasteiger charge is -2.24. The fourth-order valence-electron chi connectivity index (χ4n) is 2.01. The number of hydrogen-bond donors (Lipinski definition) is 2. The van der Waals surface area contributed by atoms with Crippen molar-refractivity contribution in [2.75, 3.05) is 6.54 Å². The predicted molar refractivity (Wildman–Crippen MR) is 52.6 cm³/mol. The first-order valence-corrected chi connectivity index (χ1v) is 5.10. The molecule has 0 spiro atoms. The second-order valence-corrected chi connectivity index (χ2v) is 3.82. The van der Waals surface area contributed by atoms with Crippen LogP contribution in [0.2, 0.25) is 0 Å². The molecule has 0 aliphatic carbocycles. The third-order valence-corrected chi connectivity index (χ3v) is 2.73. The molecule has 0 amide bonds. The van der Waals surface area contributed by atoms with Gasteiger partial charge in [-0.05, 0) is 19.4 Å². The summed E-state index contributed by atoms with van der Waals surface area (Å²) in [7, 11) is 0. The minimum atomic E-state index is -0.746. The van der Waals surface area contributed by atoms with Crippen molar-refractivity contribution in [3.8, 4) is 5.75 Å². The maximum absolute atomic E-state index is 13.5. The van der Waals surface area contributed by atoms with Crippen LogP contribution in [-0.2, 0) is 0 Å². The molecule has 1 saturated heterocycles. The third-order valence-electron chi connectivity index (χ3n) is 2.73. The lowest BCUT2D eigenvalue weighted by molar-refractivity contribution is 0.374. The van der Waals surface area contributed by atoms with E-state index in [9.17, 15) is 13.9 Å². The van der Waals surface area contributed by atoms with Crippen LogP contribution in [-0.4, -0.2) is 11.7 Å². The van der Waals surface area contributed by atoms with E-state index in [1.807, 2.05) is 0 Å². The van der Waals surface area contributed by atoms with E-state index in [-0.39, 0.29) is 17.4 Å². The van der Waals surface area contributed by atoms with E-state index in [0.717, 1.165) is 37.9 Å². The smallest absolute Gasteiger partial charge is 0.134 e. The number of rotatable bonds is 1. The second-order valence-electron chi connectivity index (χ2n) is 3.82. The van der Waals surface area contributed by atoms with E-state index in [2.05, 4.69) is 5.32 Å². The summed E-state index contributed by atoms with van der Waals surface area (Å²) in [5, 5.41) is 12.6. The fraction of sp³-hybridized carbons (Fsp3) is 0.455. The minimum Gasteiger partial charge on any atom is -0.507 e. The Hall–Kier alpha value is -1.16. The largest absolute Gasteiger partial charge is 0.507 e. The Bertz CT molecular complexity index is 339. The summed E-state index contributed by atoms with van der Waals surface area (Å²) in [4.78, 5) is 0.